The molecule has 1 heterocycles. The second-order valence-electron chi connectivity index (χ2n) is 6.04. The molecule has 6 nitrogen and oxygen atoms in total. The third-order valence-electron chi connectivity index (χ3n) is 3.93. The first-order valence-corrected chi connectivity index (χ1v) is 9.86. The largest absolute Gasteiger partial charge is 0.497 e. The quantitative estimate of drug-likeness (QED) is 0.639. The Labute approximate surface area is 163 Å². The summed E-state index contributed by atoms with van der Waals surface area (Å²) >= 11 is 0. The van der Waals surface area contributed by atoms with Crippen LogP contribution in [0.2, 0.25) is 0 Å². The molecule has 28 heavy (non-hydrogen) atoms. The van der Waals surface area contributed by atoms with Crippen LogP contribution in [0.5, 0.6) is 5.75 Å². The maximum atomic E-state index is 12.5. The van der Waals surface area contributed by atoms with E-state index in [1.807, 2.05) is 12.1 Å². The van der Waals surface area contributed by atoms with Crippen molar-refractivity contribution in [3.8, 4) is 5.75 Å². The lowest BCUT2D eigenvalue weighted by molar-refractivity contribution is 0.264. The van der Waals surface area contributed by atoms with Crippen molar-refractivity contribution in [1.29, 1.82) is 0 Å². The van der Waals surface area contributed by atoms with E-state index in [1.54, 1.807) is 62.6 Å². The van der Waals surface area contributed by atoms with Crippen LogP contribution in [0, 0.1) is 6.92 Å². The number of hydrogen-bond acceptors (Lipinski definition) is 5. The molecule has 0 bridgehead atoms. The third kappa shape index (κ3) is 4.50. The zero-order valence-electron chi connectivity index (χ0n) is 15.4. The second kappa shape index (κ2) is 8.14. The Morgan fingerprint density at radius 3 is 2.25 bits per heavy atom. The second-order valence-corrected chi connectivity index (χ2v) is 7.57. The standard InChI is InChI=1S/C21H19NO5S/c1-16-14-18(11-8-17-9-12-19(26-2)13-10-17)22(21(23)15-16)27-28(24,25)20-6-4-3-5-7-20/h3-15H,1-2H3. The van der Waals surface area contributed by atoms with Gasteiger partial charge in [-0.15, -0.1) is 4.73 Å². The van der Waals surface area contributed by atoms with Gasteiger partial charge in [0.1, 0.15) is 10.6 Å². The van der Waals surface area contributed by atoms with Gasteiger partial charge in [0.2, 0.25) is 0 Å². The maximum Gasteiger partial charge on any atom is 0.357 e. The Kier molecular flexibility index (Phi) is 5.65. The number of ether oxygens (including phenoxy) is 1. The molecule has 0 atom stereocenters. The molecular formula is C21H19NO5S. The van der Waals surface area contributed by atoms with E-state index < -0.39 is 15.7 Å². The number of rotatable bonds is 6. The molecule has 0 amide bonds. The van der Waals surface area contributed by atoms with Crippen molar-refractivity contribution >= 4 is 22.3 Å². The summed E-state index contributed by atoms with van der Waals surface area (Å²) in [5.74, 6) is 0.724. The molecule has 0 spiro atoms. The minimum Gasteiger partial charge on any atom is -0.497 e. The predicted octanol–water partition coefficient (Wildman–Crippen LogP) is 3.15. The van der Waals surface area contributed by atoms with E-state index in [0.29, 0.717) is 11.3 Å². The first-order valence-electron chi connectivity index (χ1n) is 8.45. The van der Waals surface area contributed by atoms with Gasteiger partial charge in [-0.05, 0) is 54.5 Å². The molecule has 0 N–H and O–H groups in total. The zero-order chi connectivity index (χ0) is 20.1. The van der Waals surface area contributed by atoms with Crippen molar-refractivity contribution < 1.29 is 17.4 Å². The van der Waals surface area contributed by atoms with Crippen molar-refractivity contribution in [2.24, 2.45) is 0 Å². The fourth-order valence-corrected chi connectivity index (χ4v) is 3.47. The lowest BCUT2D eigenvalue weighted by Gasteiger charge is -2.12. The molecule has 2 aromatic carbocycles. The molecule has 0 fully saturated rings. The van der Waals surface area contributed by atoms with Crippen LogP contribution < -0.4 is 14.6 Å². The van der Waals surface area contributed by atoms with E-state index in [9.17, 15) is 13.2 Å². The maximum absolute atomic E-state index is 12.5. The molecule has 0 saturated heterocycles. The molecular weight excluding hydrogens is 378 g/mol. The van der Waals surface area contributed by atoms with Crippen molar-refractivity contribution in [1.82, 2.24) is 4.73 Å². The van der Waals surface area contributed by atoms with E-state index in [2.05, 4.69) is 0 Å². The first kappa shape index (κ1) is 19.4. The molecule has 0 aliphatic heterocycles. The SMILES string of the molecule is COc1ccc(C=Cc2cc(C)cc(=O)n2OS(=O)(=O)c2ccccc2)cc1. The van der Waals surface area contributed by atoms with Crippen LogP contribution in [-0.4, -0.2) is 20.3 Å². The highest BCUT2D eigenvalue weighted by Crippen LogP contribution is 2.15. The monoisotopic (exact) mass is 397 g/mol. The van der Waals surface area contributed by atoms with Gasteiger partial charge in [-0.2, -0.15) is 8.42 Å². The van der Waals surface area contributed by atoms with E-state index in [0.717, 1.165) is 16.0 Å². The lowest BCUT2D eigenvalue weighted by Crippen LogP contribution is -2.32. The Hall–Kier alpha value is -3.32. The summed E-state index contributed by atoms with van der Waals surface area (Å²) in [7, 11) is -2.57. The highest BCUT2D eigenvalue weighted by molar-refractivity contribution is 7.87. The number of hydrogen-bond donors (Lipinski definition) is 0. The summed E-state index contributed by atoms with van der Waals surface area (Å²) in [4.78, 5) is 12.4. The number of aryl methyl sites for hydroxylation is 1. The minimum atomic E-state index is -4.15. The summed E-state index contributed by atoms with van der Waals surface area (Å²) in [5.41, 5.74) is 1.28. The normalized spacial score (nSPS) is 11.5. The highest BCUT2D eigenvalue weighted by atomic mass is 32.2. The molecule has 0 aliphatic carbocycles. The van der Waals surface area contributed by atoms with Crippen LogP contribution in [0.25, 0.3) is 12.2 Å². The summed E-state index contributed by atoms with van der Waals surface area (Å²) in [6, 6.07) is 17.9. The number of benzene rings is 2. The number of aromatic nitrogens is 1. The fraction of sp³-hybridized carbons (Fsp3) is 0.0952. The average molecular weight is 397 g/mol. The Bertz CT molecular complexity index is 1150. The van der Waals surface area contributed by atoms with Crippen molar-refractivity contribution in [2.45, 2.75) is 11.8 Å². The van der Waals surface area contributed by atoms with Gasteiger partial charge in [0.25, 0.3) is 5.56 Å². The summed E-state index contributed by atoms with van der Waals surface area (Å²) in [6.45, 7) is 1.75. The van der Waals surface area contributed by atoms with Gasteiger partial charge < -0.3 is 4.74 Å². The Balaban J connectivity index is 1.98. The van der Waals surface area contributed by atoms with Crippen LogP contribution in [0.4, 0.5) is 0 Å². The smallest absolute Gasteiger partial charge is 0.357 e. The van der Waals surface area contributed by atoms with Crippen molar-refractivity contribution in [3.05, 3.63) is 93.9 Å². The molecule has 3 rings (SSSR count). The van der Waals surface area contributed by atoms with E-state index in [1.165, 1.54) is 18.2 Å². The van der Waals surface area contributed by atoms with Crippen LogP contribution >= 0.6 is 0 Å². The van der Waals surface area contributed by atoms with Gasteiger partial charge in [0.15, 0.2) is 0 Å². The van der Waals surface area contributed by atoms with Gasteiger partial charge in [-0.1, -0.05) is 36.4 Å². The van der Waals surface area contributed by atoms with Crippen LogP contribution in [0.1, 0.15) is 16.8 Å². The van der Waals surface area contributed by atoms with Gasteiger partial charge in [-0.3, -0.25) is 9.08 Å². The average Bonchev–Trinajstić information content (AvgIpc) is 2.69. The summed E-state index contributed by atoms with van der Waals surface area (Å²) < 4.78 is 36.1. The molecule has 7 heteroatoms. The fourth-order valence-electron chi connectivity index (χ4n) is 2.53. The first-order chi connectivity index (χ1) is 13.4. The highest BCUT2D eigenvalue weighted by Gasteiger charge is 2.18. The Morgan fingerprint density at radius 1 is 0.929 bits per heavy atom. The zero-order valence-corrected chi connectivity index (χ0v) is 16.2. The topological polar surface area (TPSA) is 74.6 Å². The molecule has 3 aromatic rings. The van der Waals surface area contributed by atoms with Gasteiger partial charge >= 0.3 is 10.1 Å². The summed E-state index contributed by atoms with van der Waals surface area (Å²) in [6.07, 6.45) is 3.37. The van der Waals surface area contributed by atoms with Gasteiger partial charge in [0, 0.05) is 6.07 Å². The number of pyridine rings is 1. The molecule has 0 unspecified atom stereocenters. The van der Waals surface area contributed by atoms with Crippen LogP contribution in [0.15, 0.2) is 76.4 Å². The lowest BCUT2D eigenvalue weighted by atomic mass is 10.1. The van der Waals surface area contributed by atoms with Crippen LogP contribution in [-0.2, 0) is 10.1 Å². The molecule has 0 saturated carbocycles. The predicted molar refractivity (Wildman–Crippen MR) is 108 cm³/mol. The number of nitrogens with zero attached hydrogens (tertiary/aromatic N) is 1. The van der Waals surface area contributed by atoms with E-state index >= 15 is 0 Å². The molecule has 1 aromatic heterocycles. The minimum absolute atomic E-state index is 0.0347. The van der Waals surface area contributed by atoms with E-state index in [4.69, 9.17) is 9.02 Å². The third-order valence-corrected chi connectivity index (χ3v) is 5.12. The van der Waals surface area contributed by atoms with Gasteiger partial charge in [-0.25, -0.2) is 0 Å². The molecule has 0 radical (unpaired) electrons. The summed E-state index contributed by atoms with van der Waals surface area (Å²) in [5, 5.41) is 0. The Morgan fingerprint density at radius 2 is 1.61 bits per heavy atom. The van der Waals surface area contributed by atoms with Crippen LogP contribution in [0.3, 0.4) is 0 Å². The number of methoxy groups -OCH3 is 1. The van der Waals surface area contributed by atoms with Crippen molar-refractivity contribution in [3.63, 3.8) is 0 Å². The molecule has 0 aliphatic rings. The van der Waals surface area contributed by atoms with E-state index in [-0.39, 0.29) is 4.90 Å². The van der Waals surface area contributed by atoms with Gasteiger partial charge in [0.05, 0.1) is 12.8 Å². The van der Waals surface area contributed by atoms with Crippen molar-refractivity contribution in [2.75, 3.05) is 7.11 Å². The molecule has 144 valence electrons.